The molecule has 1 aromatic carbocycles. The van der Waals surface area contributed by atoms with Crippen molar-refractivity contribution in [2.45, 2.75) is 6.18 Å². The van der Waals surface area contributed by atoms with Gasteiger partial charge in [0, 0.05) is 20.2 Å². The van der Waals surface area contributed by atoms with E-state index in [9.17, 15) is 45.6 Å². The molecule has 1 amide bonds. The number of carbonyl (C=O) groups excluding carboxylic acids is 1. The molecular weight excluding hydrogens is 464 g/mol. The third-order valence-corrected chi connectivity index (χ3v) is 5.15. The van der Waals surface area contributed by atoms with Crippen LogP contribution in [-0.4, -0.2) is 43.4 Å². The molecule has 0 spiro atoms. The van der Waals surface area contributed by atoms with Crippen LogP contribution in [0.5, 0.6) is 0 Å². The van der Waals surface area contributed by atoms with Crippen molar-refractivity contribution in [3.8, 4) is 11.8 Å². The van der Waals surface area contributed by atoms with Crippen LogP contribution in [0.25, 0.3) is 5.69 Å². The van der Waals surface area contributed by atoms with E-state index in [-0.39, 0.29) is 19.5 Å². The van der Waals surface area contributed by atoms with Gasteiger partial charge in [0.25, 0.3) is 11.5 Å². The summed E-state index contributed by atoms with van der Waals surface area (Å²) < 4.78 is 82.9. The maximum atomic E-state index is 14.7. The summed E-state index contributed by atoms with van der Waals surface area (Å²) in [7, 11) is -2.66. The summed E-state index contributed by atoms with van der Waals surface area (Å²) in [5.41, 5.74) is -7.17. The van der Waals surface area contributed by atoms with E-state index in [2.05, 4.69) is 4.74 Å². The number of ether oxygens (including phenoxy) is 1. The van der Waals surface area contributed by atoms with Crippen molar-refractivity contribution >= 4 is 21.6 Å². The topological polar surface area (TPSA) is 131 Å². The van der Waals surface area contributed by atoms with E-state index < -0.39 is 68.4 Å². The molecule has 0 fully saturated rings. The fourth-order valence-electron chi connectivity index (χ4n) is 2.78. The van der Waals surface area contributed by atoms with Gasteiger partial charge in [-0.2, -0.15) is 18.4 Å². The second-order valence-corrected chi connectivity index (χ2v) is 8.16. The molecule has 0 aliphatic heterocycles. The van der Waals surface area contributed by atoms with Crippen LogP contribution in [-0.2, 0) is 32.8 Å². The van der Waals surface area contributed by atoms with Crippen LogP contribution in [0, 0.1) is 17.1 Å². The van der Waals surface area contributed by atoms with Gasteiger partial charge in [0.1, 0.15) is 24.2 Å². The Kier molecular flexibility index (Phi) is 6.62. The molecule has 0 unspecified atom stereocenters. The molecule has 15 heteroatoms. The first-order valence-corrected chi connectivity index (χ1v) is 10.2. The fourth-order valence-corrected chi connectivity index (χ4v) is 3.71. The van der Waals surface area contributed by atoms with Gasteiger partial charge in [0.15, 0.2) is 0 Å². The third kappa shape index (κ3) is 4.55. The molecule has 0 saturated carbocycles. The van der Waals surface area contributed by atoms with Gasteiger partial charge >= 0.3 is 11.9 Å². The average molecular weight is 478 g/mol. The first-order chi connectivity index (χ1) is 14.6. The molecule has 0 saturated heterocycles. The van der Waals surface area contributed by atoms with Gasteiger partial charge in [-0.3, -0.25) is 14.2 Å². The Hall–Kier alpha value is -3.51. The molecule has 10 nitrogen and oxygen atoms in total. The number of benzene rings is 1. The minimum Gasteiger partial charge on any atom is -0.375 e. The van der Waals surface area contributed by atoms with Gasteiger partial charge in [-0.15, -0.1) is 0 Å². The highest BCUT2D eigenvalue weighted by Gasteiger charge is 2.35. The summed E-state index contributed by atoms with van der Waals surface area (Å²) in [5, 5.41) is 9.27. The van der Waals surface area contributed by atoms with Crippen molar-refractivity contribution < 1.29 is 35.5 Å². The monoisotopic (exact) mass is 478 g/mol. The maximum absolute atomic E-state index is 14.7. The zero-order valence-corrected chi connectivity index (χ0v) is 17.4. The number of hydrogen-bond donors (Lipinski definition) is 0. The minimum atomic E-state index is -5.07. The lowest BCUT2D eigenvalue weighted by Gasteiger charge is -2.22. The first-order valence-electron chi connectivity index (χ1n) is 8.31. The van der Waals surface area contributed by atoms with E-state index in [1.54, 1.807) is 0 Å². The highest BCUT2D eigenvalue weighted by atomic mass is 32.2. The lowest BCUT2D eigenvalue weighted by molar-refractivity contribution is -0.144. The first kappa shape index (κ1) is 24.8. The van der Waals surface area contributed by atoms with Crippen LogP contribution in [0.15, 0.2) is 27.8 Å². The number of aromatic nitrogens is 2. The fraction of sp³-hybridized carbons (Fsp3) is 0.294. The zero-order chi connectivity index (χ0) is 24.6. The van der Waals surface area contributed by atoms with Crippen LogP contribution < -0.4 is 15.6 Å². The molecule has 0 radical (unpaired) electrons. The number of halogens is 4. The summed E-state index contributed by atoms with van der Waals surface area (Å²) >= 11 is 0. The van der Waals surface area contributed by atoms with Crippen LogP contribution >= 0.6 is 0 Å². The Morgan fingerprint density at radius 2 is 1.84 bits per heavy atom. The smallest absolute Gasteiger partial charge is 0.375 e. The SMILES string of the molecule is COCC(=O)N(c1cc(-n2c(=O)cc(C(F)(F)F)n(C)c2=O)c(F)cc1C#N)S(C)(=O)=O. The van der Waals surface area contributed by atoms with E-state index in [0.29, 0.717) is 25.4 Å². The molecule has 2 rings (SSSR count). The largest absolute Gasteiger partial charge is 0.431 e. The number of anilines is 1. The van der Waals surface area contributed by atoms with E-state index in [4.69, 9.17) is 0 Å². The van der Waals surface area contributed by atoms with Gasteiger partial charge < -0.3 is 4.74 Å². The van der Waals surface area contributed by atoms with Crippen molar-refractivity contribution in [3.05, 3.63) is 56.1 Å². The van der Waals surface area contributed by atoms with E-state index >= 15 is 0 Å². The molecule has 1 aromatic heterocycles. The molecule has 0 aliphatic rings. The number of sulfonamides is 1. The predicted octanol–water partition coefficient (Wildman–Crippen LogP) is 0.505. The standard InChI is InChI=1S/C17H14F4N4O6S/c1-23-13(17(19,20)21)6-14(26)24(16(23)28)12-5-11(9(7-22)4-10(12)18)25(32(3,29)30)15(27)8-31-2/h4-6H,8H2,1-3H3. The molecule has 0 atom stereocenters. The van der Waals surface area contributed by atoms with Crippen LogP contribution in [0.2, 0.25) is 0 Å². The molecule has 32 heavy (non-hydrogen) atoms. The van der Waals surface area contributed by atoms with Crippen molar-refractivity contribution in [1.29, 1.82) is 5.26 Å². The number of methoxy groups -OCH3 is 1. The lowest BCUT2D eigenvalue weighted by atomic mass is 10.1. The van der Waals surface area contributed by atoms with Gasteiger partial charge in [-0.05, 0) is 12.1 Å². The Bertz CT molecular complexity index is 1360. The second kappa shape index (κ2) is 8.55. The molecule has 0 aliphatic carbocycles. The second-order valence-electron chi connectivity index (χ2n) is 6.33. The number of amides is 1. The highest BCUT2D eigenvalue weighted by Crippen LogP contribution is 2.29. The Balaban J connectivity index is 2.95. The number of rotatable bonds is 5. The highest BCUT2D eigenvalue weighted by molar-refractivity contribution is 7.92. The maximum Gasteiger partial charge on any atom is 0.431 e. The Morgan fingerprint density at radius 1 is 1.25 bits per heavy atom. The third-order valence-electron chi connectivity index (χ3n) is 4.08. The summed E-state index contributed by atoms with van der Waals surface area (Å²) in [6, 6.07) is 2.48. The van der Waals surface area contributed by atoms with Gasteiger partial charge in [-0.1, -0.05) is 0 Å². The number of nitrogens with zero attached hydrogens (tertiary/aromatic N) is 4. The molecule has 0 bridgehead atoms. The van der Waals surface area contributed by atoms with Gasteiger partial charge in [0.2, 0.25) is 10.0 Å². The normalized spacial score (nSPS) is 11.8. The molecular formula is C17H14F4N4O6S. The Morgan fingerprint density at radius 3 is 2.31 bits per heavy atom. The van der Waals surface area contributed by atoms with E-state index in [1.165, 1.54) is 6.07 Å². The summed E-state index contributed by atoms with van der Waals surface area (Å²) in [4.78, 5) is 37.0. The number of hydrogen-bond acceptors (Lipinski definition) is 7. The Labute approximate surface area is 177 Å². The minimum absolute atomic E-state index is 0.0104. The molecule has 2 aromatic rings. The van der Waals surface area contributed by atoms with Gasteiger partial charge in [-0.25, -0.2) is 26.5 Å². The van der Waals surface area contributed by atoms with E-state index in [0.717, 1.165) is 7.11 Å². The summed E-state index contributed by atoms with van der Waals surface area (Å²) in [5.74, 6) is -2.60. The zero-order valence-electron chi connectivity index (χ0n) is 16.6. The van der Waals surface area contributed by atoms with E-state index in [1.807, 2.05) is 0 Å². The number of alkyl halides is 3. The van der Waals surface area contributed by atoms with Crippen LogP contribution in [0.3, 0.4) is 0 Å². The number of carbonyl (C=O) groups is 1. The van der Waals surface area contributed by atoms with Crippen LogP contribution in [0.1, 0.15) is 11.3 Å². The summed E-state index contributed by atoms with van der Waals surface area (Å²) in [6.07, 6.45) is -4.48. The lowest BCUT2D eigenvalue weighted by Crippen LogP contribution is -2.42. The summed E-state index contributed by atoms with van der Waals surface area (Å²) in [6.45, 7) is -0.771. The number of nitriles is 1. The quantitative estimate of drug-likeness (QED) is 0.572. The van der Waals surface area contributed by atoms with Crippen molar-refractivity contribution in [2.75, 3.05) is 24.3 Å². The van der Waals surface area contributed by atoms with Crippen molar-refractivity contribution in [2.24, 2.45) is 7.05 Å². The van der Waals surface area contributed by atoms with Crippen molar-refractivity contribution in [1.82, 2.24) is 9.13 Å². The molecule has 172 valence electrons. The average Bonchev–Trinajstić information content (AvgIpc) is 2.65. The van der Waals surface area contributed by atoms with Crippen molar-refractivity contribution in [3.63, 3.8) is 0 Å². The molecule has 1 heterocycles. The van der Waals surface area contributed by atoms with Gasteiger partial charge in [0.05, 0.1) is 23.2 Å². The predicted molar refractivity (Wildman–Crippen MR) is 101 cm³/mol. The van der Waals surface area contributed by atoms with Crippen LogP contribution in [0.4, 0.5) is 23.2 Å². The molecule has 0 N–H and O–H groups in total.